The lowest BCUT2D eigenvalue weighted by Crippen LogP contribution is -2.51. The maximum atomic E-state index is 13.6. The van der Waals surface area contributed by atoms with Gasteiger partial charge < -0.3 is 30.5 Å². The van der Waals surface area contributed by atoms with Gasteiger partial charge in [-0.1, -0.05) is 68.5 Å². The first kappa shape index (κ1) is 31.9. The van der Waals surface area contributed by atoms with E-state index in [2.05, 4.69) is 5.32 Å². The fraction of sp³-hybridized carbons (Fsp3) is 0.455. The number of nitrogens with zero attached hydrogens (tertiary/aromatic N) is 1. The van der Waals surface area contributed by atoms with Crippen LogP contribution in [0.5, 0.6) is 11.5 Å². The van der Waals surface area contributed by atoms with Gasteiger partial charge in [0.05, 0.1) is 25.7 Å². The SMILES string of the molecule is CCCN(CCC)C(=O)C1=CC=CC(C(N)=O)([C@H](Cc2ccccc2)[C@@H](O)CNCc2ccc(OC)cc2OC)C1. The number of amides is 2. The average molecular weight is 564 g/mol. The smallest absolute Gasteiger partial charge is 0.249 e. The van der Waals surface area contributed by atoms with E-state index in [1.54, 1.807) is 32.4 Å². The summed E-state index contributed by atoms with van der Waals surface area (Å²) in [4.78, 5) is 28.7. The summed E-state index contributed by atoms with van der Waals surface area (Å²) in [6.45, 7) is 6.02. The second-order valence-electron chi connectivity index (χ2n) is 10.6. The first-order chi connectivity index (χ1) is 19.8. The highest BCUT2D eigenvalue weighted by molar-refractivity contribution is 5.96. The first-order valence-electron chi connectivity index (χ1n) is 14.4. The normalized spacial score (nSPS) is 17.8. The van der Waals surface area contributed by atoms with E-state index in [1.165, 1.54) is 0 Å². The van der Waals surface area contributed by atoms with Crippen LogP contribution in [0.4, 0.5) is 0 Å². The molecule has 8 heteroatoms. The van der Waals surface area contributed by atoms with Gasteiger partial charge in [-0.15, -0.1) is 0 Å². The number of carbonyl (C=O) groups excluding carboxylic acids is 2. The van der Waals surface area contributed by atoms with Crippen LogP contribution in [0.1, 0.15) is 44.2 Å². The molecule has 0 saturated heterocycles. The van der Waals surface area contributed by atoms with Gasteiger partial charge >= 0.3 is 0 Å². The number of aliphatic hydroxyl groups is 1. The highest BCUT2D eigenvalue weighted by Crippen LogP contribution is 2.43. The summed E-state index contributed by atoms with van der Waals surface area (Å²) in [5.74, 6) is 0.151. The number of carbonyl (C=O) groups is 2. The van der Waals surface area contributed by atoms with Crippen molar-refractivity contribution in [2.75, 3.05) is 33.9 Å². The molecule has 0 saturated carbocycles. The second-order valence-corrected chi connectivity index (χ2v) is 10.6. The molecule has 1 aliphatic carbocycles. The number of nitrogens with two attached hydrogens (primary N) is 1. The van der Waals surface area contributed by atoms with E-state index >= 15 is 0 Å². The summed E-state index contributed by atoms with van der Waals surface area (Å²) in [6.07, 6.45) is 6.61. The van der Waals surface area contributed by atoms with Gasteiger partial charge in [-0.2, -0.15) is 0 Å². The summed E-state index contributed by atoms with van der Waals surface area (Å²) in [5.41, 5.74) is 7.31. The van der Waals surface area contributed by atoms with Gasteiger partial charge in [0.25, 0.3) is 0 Å². The van der Waals surface area contributed by atoms with Crippen molar-refractivity contribution in [2.45, 2.75) is 52.2 Å². The first-order valence-corrected chi connectivity index (χ1v) is 14.4. The Morgan fingerprint density at radius 3 is 2.39 bits per heavy atom. The molecule has 0 aromatic heterocycles. The minimum Gasteiger partial charge on any atom is -0.497 e. The standard InChI is InChI=1S/C33H45N3O5/c1-5-17-36(18-6-2)31(38)25-13-10-16-33(21-25,32(34)39)28(19-24-11-8-7-9-12-24)29(37)23-35-22-26-14-15-27(40-3)20-30(26)41-4/h7-16,20,28-29,35,37H,5-6,17-19,21-23H2,1-4H3,(H2,34,39)/t28-,29+,33?/m1/s1. The average Bonchev–Trinajstić information content (AvgIpc) is 2.99. The Morgan fingerprint density at radius 1 is 1.07 bits per heavy atom. The van der Waals surface area contributed by atoms with Gasteiger partial charge in [0.15, 0.2) is 0 Å². The van der Waals surface area contributed by atoms with Gasteiger partial charge in [0.2, 0.25) is 11.8 Å². The van der Waals surface area contributed by atoms with Crippen LogP contribution in [0.25, 0.3) is 0 Å². The van der Waals surface area contributed by atoms with Crippen LogP contribution in [0, 0.1) is 11.3 Å². The third kappa shape index (κ3) is 7.99. The molecule has 1 unspecified atom stereocenters. The Morgan fingerprint density at radius 2 is 1.78 bits per heavy atom. The van der Waals surface area contributed by atoms with E-state index < -0.39 is 23.3 Å². The zero-order valence-corrected chi connectivity index (χ0v) is 24.8. The molecule has 0 bridgehead atoms. The van der Waals surface area contributed by atoms with Crippen LogP contribution >= 0.6 is 0 Å². The maximum Gasteiger partial charge on any atom is 0.249 e. The largest absolute Gasteiger partial charge is 0.497 e. The van der Waals surface area contributed by atoms with E-state index in [9.17, 15) is 14.7 Å². The minimum absolute atomic E-state index is 0.0821. The number of ether oxygens (including phenoxy) is 2. The van der Waals surface area contributed by atoms with Crippen molar-refractivity contribution in [3.05, 3.63) is 83.5 Å². The van der Waals surface area contributed by atoms with Gasteiger partial charge in [-0.25, -0.2) is 0 Å². The summed E-state index contributed by atoms with van der Waals surface area (Å²) in [5, 5.41) is 15.0. The van der Waals surface area contributed by atoms with Crippen molar-refractivity contribution in [1.82, 2.24) is 10.2 Å². The van der Waals surface area contributed by atoms with E-state index in [0.29, 0.717) is 43.1 Å². The van der Waals surface area contributed by atoms with Crippen LogP contribution in [0.15, 0.2) is 72.3 Å². The number of methoxy groups -OCH3 is 2. The number of benzene rings is 2. The van der Waals surface area contributed by atoms with Gasteiger partial charge in [0.1, 0.15) is 11.5 Å². The maximum absolute atomic E-state index is 13.6. The zero-order valence-electron chi connectivity index (χ0n) is 24.8. The molecule has 1 aliphatic rings. The lowest BCUT2D eigenvalue weighted by molar-refractivity contribution is -0.132. The third-order valence-corrected chi connectivity index (χ3v) is 7.77. The highest BCUT2D eigenvalue weighted by atomic mass is 16.5. The molecular weight excluding hydrogens is 518 g/mol. The highest BCUT2D eigenvalue weighted by Gasteiger charge is 2.47. The van der Waals surface area contributed by atoms with E-state index in [1.807, 2.05) is 67.3 Å². The van der Waals surface area contributed by atoms with Crippen molar-refractivity contribution in [3.63, 3.8) is 0 Å². The number of hydrogen-bond acceptors (Lipinski definition) is 6. The summed E-state index contributed by atoms with van der Waals surface area (Å²) >= 11 is 0. The summed E-state index contributed by atoms with van der Waals surface area (Å²) < 4.78 is 10.8. The molecule has 0 radical (unpaired) electrons. The molecule has 3 atom stereocenters. The molecule has 2 aromatic rings. The minimum atomic E-state index is -1.24. The quantitative estimate of drug-likeness (QED) is 0.284. The van der Waals surface area contributed by atoms with Crippen LogP contribution < -0.4 is 20.5 Å². The fourth-order valence-electron chi connectivity index (χ4n) is 5.60. The Bertz CT molecular complexity index is 1210. The second kappa shape index (κ2) is 15.4. The van der Waals surface area contributed by atoms with Crippen molar-refractivity contribution in [1.29, 1.82) is 0 Å². The van der Waals surface area contributed by atoms with Gasteiger partial charge in [-0.3, -0.25) is 9.59 Å². The Hall–Kier alpha value is -3.62. The number of primary amides is 1. The molecule has 8 nitrogen and oxygen atoms in total. The molecule has 0 aliphatic heterocycles. The Labute approximate surface area is 244 Å². The van der Waals surface area contributed by atoms with E-state index in [4.69, 9.17) is 15.2 Å². The third-order valence-electron chi connectivity index (χ3n) is 7.77. The van der Waals surface area contributed by atoms with Gasteiger partial charge in [-0.05, 0) is 37.3 Å². The van der Waals surface area contributed by atoms with Crippen LogP contribution in [0.2, 0.25) is 0 Å². The Balaban J connectivity index is 1.88. The van der Waals surface area contributed by atoms with Crippen molar-refractivity contribution in [2.24, 2.45) is 17.1 Å². The monoisotopic (exact) mass is 563 g/mol. The fourth-order valence-corrected chi connectivity index (χ4v) is 5.60. The topological polar surface area (TPSA) is 114 Å². The summed E-state index contributed by atoms with van der Waals surface area (Å²) in [7, 11) is 3.20. The number of hydrogen-bond donors (Lipinski definition) is 3. The summed E-state index contributed by atoms with van der Waals surface area (Å²) in [6, 6.07) is 15.3. The van der Waals surface area contributed by atoms with Crippen molar-refractivity contribution in [3.8, 4) is 11.5 Å². The van der Waals surface area contributed by atoms with E-state index in [0.717, 1.165) is 24.0 Å². The molecule has 0 heterocycles. The molecule has 2 aromatic carbocycles. The number of allylic oxidation sites excluding steroid dienone is 2. The molecular formula is C33H45N3O5. The predicted octanol–water partition coefficient (Wildman–Crippen LogP) is 4.02. The molecule has 0 spiro atoms. The van der Waals surface area contributed by atoms with Crippen molar-refractivity contribution < 1.29 is 24.2 Å². The predicted molar refractivity (Wildman–Crippen MR) is 162 cm³/mol. The molecule has 0 fully saturated rings. The van der Waals surface area contributed by atoms with Gasteiger partial charge in [0, 0.05) is 49.3 Å². The molecule has 222 valence electrons. The molecule has 41 heavy (non-hydrogen) atoms. The van der Waals surface area contributed by atoms with Crippen LogP contribution in [0.3, 0.4) is 0 Å². The zero-order chi connectivity index (χ0) is 29.8. The van der Waals surface area contributed by atoms with Crippen LogP contribution in [-0.4, -0.2) is 61.8 Å². The lowest BCUT2D eigenvalue weighted by Gasteiger charge is -2.41. The number of nitrogens with one attached hydrogen (secondary N) is 1. The van der Waals surface area contributed by atoms with Crippen molar-refractivity contribution >= 4 is 11.8 Å². The molecule has 3 rings (SSSR count). The van der Waals surface area contributed by atoms with E-state index in [-0.39, 0.29) is 18.9 Å². The van der Waals surface area contributed by atoms with Crippen LogP contribution in [-0.2, 0) is 22.6 Å². The Kier molecular flexibility index (Phi) is 12.0. The lowest BCUT2D eigenvalue weighted by atomic mass is 9.64. The number of rotatable bonds is 16. The molecule has 2 amide bonds. The number of aliphatic hydroxyl groups excluding tert-OH is 1. The molecule has 4 N–H and O–H groups in total.